The van der Waals surface area contributed by atoms with Crippen molar-refractivity contribution in [3.8, 4) is 11.5 Å². The van der Waals surface area contributed by atoms with Gasteiger partial charge in [-0.2, -0.15) is 0 Å². The monoisotopic (exact) mass is 541 g/mol. The zero-order valence-electron chi connectivity index (χ0n) is 23.1. The van der Waals surface area contributed by atoms with Gasteiger partial charge in [0, 0.05) is 12.5 Å². The van der Waals surface area contributed by atoms with Gasteiger partial charge in [-0.25, -0.2) is 19.2 Å². The highest BCUT2D eigenvalue weighted by molar-refractivity contribution is 5.80. The Balaban J connectivity index is 3.43. The zero-order chi connectivity index (χ0) is 28.9. The van der Waals surface area contributed by atoms with Crippen LogP contribution < -0.4 is 14.8 Å². The largest absolute Gasteiger partial charge is 0.513 e. The molecule has 214 valence electrons. The van der Waals surface area contributed by atoms with Crippen molar-refractivity contribution < 1.29 is 52.7 Å². The van der Waals surface area contributed by atoms with Crippen molar-refractivity contribution in [1.82, 2.24) is 5.32 Å². The van der Waals surface area contributed by atoms with Crippen LogP contribution in [0.25, 0.3) is 0 Å². The molecule has 0 heterocycles. The van der Waals surface area contributed by atoms with E-state index in [4.69, 9.17) is 28.4 Å². The van der Waals surface area contributed by atoms with Crippen LogP contribution in [0, 0.1) is 0 Å². The van der Waals surface area contributed by atoms with Crippen molar-refractivity contribution in [3.05, 3.63) is 23.8 Å². The van der Waals surface area contributed by atoms with E-state index in [1.54, 1.807) is 34.6 Å². The fourth-order valence-corrected chi connectivity index (χ4v) is 2.93. The van der Waals surface area contributed by atoms with Crippen LogP contribution in [0.3, 0.4) is 0 Å². The highest BCUT2D eigenvalue weighted by Gasteiger charge is 2.45. The SMILES string of the molecule is CCCOC(=O)Oc1ccc(C[C@](NC(C)CC)(OC(=O)OC(C)(C)C)C(=O)O)cc1OC(=O)OCCC. The highest BCUT2D eigenvalue weighted by atomic mass is 16.8. The smallest absolute Gasteiger partial charge is 0.477 e. The van der Waals surface area contributed by atoms with Gasteiger partial charge in [-0.15, -0.1) is 0 Å². The van der Waals surface area contributed by atoms with E-state index in [0.717, 1.165) is 0 Å². The van der Waals surface area contributed by atoms with Gasteiger partial charge < -0.3 is 33.5 Å². The molecular weight excluding hydrogens is 502 g/mol. The molecule has 1 aromatic rings. The molecule has 0 aliphatic rings. The summed E-state index contributed by atoms with van der Waals surface area (Å²) in [5.41, 5.74) is -2.90. The average molecular weight is 542 g/mol. The molecule has 0 saturated heterocycles. The fourth-order valence-electron chi connectivity index (χ4n) is 2.93. The van der Waals surface area contributed by atoms with Crippen molar-refractivity contribution in [2.24, 2.45) is 0 Å². The molecule has 0 spiro atoms. The number of aliphatic carboxylic acids is 1. The van der Waals surface area contributed by atoms with Crippen LogP contribution in [-0.4, -0.2) is 60.1 Å². The number of carboxylic acids is 1. The summed E-state index contributed by atoms with van der Waals surface area (Å²) < 4.78 is 30.8. The molecule has 0 fully saturated rings. The molecule has 2 N–H and O–H groups in total. The quantitative estimate of drug-likeness (QED) is 0.146. The summed E-state index contributed by atoms with van der Waals surface area (Å²) in [6.07, 6.45) is -2.01. The lowest BCUT2D eigenvalue weighted by Crippen LogP contribution is -2.60. The average Bonchev–Trinajstić information content (AvgIpc) is 2.81. The maximum absolute atomic E-state index is 12.5. The van der Waals surface area contributed by atoms with Crippen molar-refractivity contribution >= 4 is 24.4 Å². The van der Waals surface area contributed by atoms with Crippen LogP contribution in [0.5, 0.6) is 11.5 Å². The topological polar surface area (TPSA) is 156 Å². The van der Waals surface area contributed by atoms with Gasteiger partial charge in [0.1, 0.15) is 5.60 Å². The first-order valence-corrected chi connectivity index (χ1v) is 12.5. The summed E-state index contributed by atoms with van der Waals surface area (Å²) in [5.74, 6) is -1.86. The molecule has 0 bridgehead atoms. The third-order valence-electron chi connectivity index (χ3n) is 4.78. The molecule has 1 aromatic carbocycles. The molecule has 2 atom stereocenters. The molecule has 12 nitrogen and oxygen atoms in total. The number of benzene rings is 1. The Labute approximate surface area is 222 Å². The molecule has 12 heteroatoms. The predicted octanol–water partition coefficient (Wildman–Crippen LogP) is 5.20. The van der Waals surface area contributed by atoms with E-state index < -0.39 is 42.2 Å². The molecular formula is C26H39NO11. The Bertz CT molecular complexity index is 957. The van der Waals surface area contributed by atoms with Crippen LogP contribution in [0.15, 0.2) is 18.2 Å². The lowest BCUT2D eigenvalue weighted by Gasteiger charge is -2.33. The van der Waals surface area contributed by atoms with Crippen LogP contribution >= 0.6 is 0 Å². The lowest BCUT2D eigenvalue weighted by molar-refractivity contribution is -0.169. The van der Waals surface area contributed by atoms with Crippen LogP contribution in [0.2, 0.25) is 0 Å². The van der Waals surface area contributed by atoms with E-state index in [0.29, 0.717) is 19.3 Å². The number of carboxylic acid groups (broad SMARTS) is 1. The van der Waals surface area contributed by atoms with Gasteiger partial charge in [0.15, 0.2) is 11.5 Å². The van der Waals surface area contributed by atoms with Crippen LogP contribution in [0.1, 0.15) is 73.3 Å². The van der Waals surface area contributed by atoms with Crippen molar-refractivity contribution in [1.29, 1.82) is 0 Å². The molecule has 1 unspecified atom stereocenters. The van der Waals surface area contributed by atoms with E-state index in [2.05, 4.69) is 5.32 Å². The Morgan fingerprint density at radius 2 is 1.42 bits per heavy atom. The van der Waals surface area contributed by atoms with Crippen LogP contribution in [-0.2, 0) is 30.2 Å². The summed E-state index contributed by atoms with van der Waals surface area (Å²) >= 11 is 0. The maximum atomic E-state index is 12.5. The molecule has 0 saturated carbocycles. The van der Waals surface area contributed by atoms with Gasteiger partial charge in [-0.05, 0) is 64.7 Å². The molecule has 1 rings (SSSR count). The number of carbonyl (C=O) groups is 4. The number of rotatable bonds is 13. The standard InChI is InChI=1S/C26H39NO11/c1-8-13-33-22(30)35-19-12-11-18(15-20(19)36-23(31)34-14-9-2)16-26(21(28)29,27-17(4)10-3)38-24(32)37-25(5,6)7/h11-12,15,17,27H,8-10,13-14,16H2,1-7H3,(H,28,29)/t17?,26-/m0/s1. The number of ether oxygens (including phenoxy) is 6. The van der Waals surface area contributed by atoms with Crippen molar-refractivity contribution in [2.75, 3.05) is 13.2 Å². The summed E-state index contributed by atoms with van der Waals surface area (Å²) in [5, 5.41) is 13.0. The van der Waals surface area contributed by atoms with E-state index in [1.807, 2.05) is 13.8 Å². The van der Waals surface area contributed by atoms with Gasteiger partial charge in [-0.1, -0.05) is 26.8 Å². The molecule has 0 aliphatic carbocycles. The van der Waals surface area contributed by atoms with Crippen molar-refractivity contribution in [3.63, 3.8) is 0 Å². The molecule has 0 aliphatic heterocycles. The fraction of sp³-hybridized carbons (Fsp3) is 0.615. The lowest BCUT2D eigenvalue weighted by atomic mass is 10.00. The van der Waals surface area contributed by atoms with Gasteiger partial charge in [0.2, 0.25) is 0 Å². The first kappa shape index (κ1) is 32.5. The number of hydrogen-bond acceptors (Lipinski definition) is 11. The number of nitrogens with one attached hydrogen (secondary N) is 1. The normalized spacial score (nSPS) is 13.4. The Morgan fingerprint density at radius 3 is 1.89 bits per heavy atom. The van der Waals surface area contributed by atoms with E-state index in [-0.39, 0.29) is 36.3 Å². The number of carbonyl (C=O) groups excluding carboxylic acids is 3. The first-order valence-electron chi connectivity index (χ1n) is 12.5. The summed E-state index contributed by atoms with van der Waals surface area (Å²) in [4.78, 5) is 49.1. The highest BCUT2D eigenvalue weighted by Crippen LogP contribution is 2.31. The van der Waals surface area contributed by atoms with E-state index in [1.165, 1.54) is 18.2 Å². The zero-order valence-corrected chi connectivity index (χ0v) is 23.1. The number of hydrogen-bond donors (Lipinski definition) is 2. The summed E-state index contributed by atoms with van der Waals surface area (Å²) in [6, 6.07) is 3.64. The minimum absolute atomic E-state index is 0.0952. The second-order valence-corrected chi connectivity index (χ2v) is 9.51. The Hall–Kier alpha value is -3.54. The second kappa shape index (κ2) is 15.0. The van der Waals surface area contributed by atoms with Crippen molar-refractivity contribution in [2.45, 2.75) is 91.5 Å². The van der Waals surface area contributed by atoms with Gasteiger partial charge >= 0.3 is 24.4 Å². The third-order valence-corrected chi connectivity index (χ3v) is 4.78. The second-order valence-electron chi connectivity index (χ2n) is 9.51. The summed E-state index contributed by atoms with van der Waals surface area (Å²) in [7, 11) is 0. The summed E-state index contributed by atoms with van der Waals surface area (Å²) in [6.45, 7) is 12.2. The molecule has 0 radical (unpaired) electrons. The van der Waals surface area contributed by atoms with Crippen LogP contribution in [0.4, 0.5) is 14.4 Å². The van der Waals surface area contributed by atoms with E-state index in [9.17, 15) is 24.3 Å². The van der Waals surface area contributed by atoms with E-state index >= 15 is 0 Å². The minimum Gasteiger partial charge on any atom is -0.477 e. The third kappa shape index (κ3) is 11.2. The van der Waals surface area contributed by atoms with Gasteiger partial charge in [-0.3, -0.25) is 5.32 Å². The molecule has 0 amide bonds. The predicted molar refractivity (Wildman–Crippen MR) is 135 cm³/mol. The Morgan fingerprint density at radius 1 is 0.868 bits per heavy atom. The van der Waals surface area contributed by atoms with Gasteiger partial charge in [0.05, 0.1) is 13.2 Å². The van der Waals surface area contributed by atoms with Gasteiger partial charge in [0.25, 0.3) is 5.72 Å². The first-order chi connectivity index (χ1) is 17.7. The minimum atomic E-state index is -2.24. The maximum Gasteiger partial charge on any atom is 0.513 e. The molecule has 38 heavy (non-hydrogen) atoms. The Kier molecular flexibility index (Phi) is 12.8. The molecule has 0 aromatic heterocycles.